The SMILES string of the molecule is COCCCC1CCCC(CO)C1. The molecule has 1 rings (SSSR count). The number of ether oxygens (including phenoxy) is 1. The zero-order valence-electron chi connectivity index (χ0n) is 8.67. The minimum atomic E-state index is 0.390. The molecular formula is C11H22O2. The molecule has 0 aromatic carbocycles. The van der Waals surface area contributed by atoms with E-state index >= 15 is 0 Å². The number of aliphatic hydroxyl groups excluding tert-OH is 1. The maximum absolute atomic E-state index is 9.06. The van der Waals surface area contributed by atoms with Crippen molar-refractivity contribution in [2.24, 2.45) is 11.8 Å². The summed E-state index contributed by atoms with van der Waals surface area (Å²) in [5.41, 5.74) is 0. The molecule has 0 radical (unpaired) electrons. The lowest BCUT2D eigenvalue weighted by molar-refractivity contribution is 0.143. The van der Waals surface area contributed by atoms with Gasteiger partial charge in [-0.25, -0.2) is 0 Å². The summed E-state index contributed by atoms with van der Waals surface area (Å²) in [7, 11) is 1.76. The second kappa shape index (κ2) is 6.39. The molecule has 1 aliphatic rings. The average molecular weight is 186 g/mol. The zero-order valence-corrected chi connectivity index (χ0v) is 8.67. The van der Waals surface area contributed by atoms with Crippen LogP contribution in [0.25, 0.3) is 0 Å². The smallest absolute Gasteiger partial charge is 0.0462 e. The Kier molecular flexibility index (Phi) is 5.40. The van der Waals surface area contributed by atoms with E-state index in [0.29, 0.717) is 12.5 Å². The van der Waals surface area contributed by atoms with Crippen LogP contribution in [0.3, 0.4) is 0 Å². The van der Waals surface area contributed by atoms with Gasteiger partial charge in [-0.1, -0.05) is 12.8 Å². The predicted molar refractivity (Wildman–Crippen MR) is 53.6 cm³/mol. The van der Waals surface area contributed by atoms with E-state index in [2.05, 4.69) is 0 Å². The first-order valence-electron chi connectivity index (χ1n) is 5.46. The largest absolute Gasteiger partial charge is 0.396 e. The summed E-state index contributed by atoms with van der Waals surface area (Å²) in [6.07, 6.45) is 7.60. The Morgan fingerprint density at radius 3 is 2.77 bits per heavy atom. The molecule has 0 bridgehead atoms. The normalized spacial score (nSPS) is 29.1. The van der Waals surface area contributed by atoms with E-state index in [1.165, 1.54) is 38.5 Å². The zero-order chi connectivity index (χ0) is 9.52. The van der Waals surface area contributed by atoms with Crippen molar-refractivity contribution in [1.29, 1.82) is 0 Å². The highest BCUT2D eigenvalue weighted by molar-refractivity contribution is 4.72. The second-order valence-electron chi connectivity index (χ2n) is 4.22. The van der Waals surface area contributed by atoms with Gasteiger partial charge in [-0.2, -0.15) is 0 Å². The number of hydrogen-bond acceptors (Lipinski definition) is 2. The van der Waals surface area contributed by atoms with Crippen molar-refractivity contribution in [3.63, 3.8) is 0 Å². The van der Waals surface area contributed by atoms with Gasteiger partial charge in [-0.15, -0.1) is 0 Å². The van der Waals surface area contributed by atoms with E-state index in [1.807, 2.05) is 0 Å². The highest BCUT2D eigenvalue weighted by Crippen LogP contribution is 2.31. The topological polar surface area (TPSA) is 29.5 Å². The van der Waals surface area contributed by atoms with Crippen molar-refractivity contribution in [3.05, 3.63) is 0 Å². The van der Waals surface area contributed by atoms with Crippen molar-refractivity contribution < 1.29 is 9.84 Å². The average Bonchev–Trinajstić information content (AvgIpc) is 2.19. The minimum Gasteiger partial charge on any atom is -0.396 e. The molecule has 0 saturated heterocycles. The van der Waals surface area contributed by atoms with Gasteiger partial charge in [0.1, 0.15) is 0 Å². The second-order valence-corrected chi connectivity index (χ2v) is 4.22. The van der Waals surface area contributed by atoms with Crippen molar-refractivity contribution in [2.45, 2.75) is 38.5 Å². The molecule has 1 N–H and O–H groups in total. The van der Waals surface area contributed by atoms with Gasteiger partial charge in [-0.05, 0) is 37.5 Å². The Bertz CT molecular complexity index is 125. The van der Waals surface area contributed by atoms with Crippen LogP contribution in [-0.4, -0.2) is 25.4 Å². The van der Waals surface area contributed by atoms with Gasteiger partial charge >= 0.3 is 0 Å². The Morgan fingerprint density at radius 1 is 1.31 bits per heavy atom. The van der Waals surface area contributed by atoms with E-state index in [-0.39, 0.29) is 0 Å². The van der Waals surface area contributed by atoms with Crippen LogP contribution in [0.5, 0.6) is 0 Å². The molecule has 0 aromatic heterocycles. The molecule has 2 nitrogen and oxygen atoms in total. The van der Waals surface area contributed by atoms with Crippen molar-refractivity contribution in [3.8, 4) is 0 Å². The summed E-state index contributed by atoms with van der Waals surface area (Å²) in [4.78, 5) is 0. The van der Waals surface area contributed by atoms with E-state index in [0.717, 1.165) is 12.5 Å². The lowest BCUT2D eigenvalue weighted by Gasteiger charge is -2.27. The first kappa shape index (κ1) is 11.0. The molecule has 1 aliphatic carbocycles. The third-order valence-electron chi connectivity index (χ3n) is 3.11. The van der Waals surface area contributed by atoms with Crippen LogP contribution >= 0.6 is 0 Å². The fourth-order valence-electron chi connectivity index (χ4n) is 2.35. The van der Waals surface area contributed by atoms with E-state index in [1.54, 1.807) is 7.11 Å². The molecule has 78 valence electrons. The van der Waals surface area contributed by atoms with Crippen LogP contribution < -0.4 is 0 Å². The Balaban J connectivity index is 2.11. The molecule has 0 aromatic rings. The predicted octanol–water partition coefficient (Wildman–Crippen LogP) is 2.21. The fourth-order valence-corrected chi connectivity index (χ4v) is 2.35. The Hall–Kier alpha value is -0.0800. The van der Waals surface area contributed by atoms with E-state index in [9.17, 15) is 0 Å². The first-order chi connectivity index (χ1) is 6.36. The third kappa shape index (κ3) is 4.10. The van der Waals surface area contributed by atoms with Crippen LogP contribution in [0.4, 0.5) is 0 Å². The number of aliphatic hydroxyl groups is 1. The minimum absolute atomic E-state index is 0.390. The molecule has 0 aliphatic heterocycles. The van der Waals surface area contributed by atoms with Crippen LogP contribution in [-0.2, 0) is 4.74 Å². The Morgan fingerprint density at radius 2 is 2.08 bits per heavy atom. The van der Waals surface area contributed by atoms with Gasteiger partial charge in [0.25, 0.3) is 0 Å². The molecule has 0 spiro atoms. The number of methoxy groups -OCH3 is 1. The van der Waals surface area contributed by atoms with E-state index < -0.39 is 0 Å². The van der Waals surface area contributed by atoms with Crippen LogP contribution in [0, 0.1) is 11.8 Å². The molecule has 2 atom stereocenters. The van der Waals surface area contributed by atoms with Crippen molar-refractivity contribution in [2.75, 3.05) is 20.3 Å². The van der Waals surface area contributed by atoms with Gasteiger partial charge in [-0.3, -0.25) is 0 Å². The maximum Gasteiger partial charge on any atom is 0.0462 e. The molecule has 0 heterocycles. The highest BCUT2D eigenvalue weighted by Gasteiger charge is 2.20. The molecule has 13 heavy (non-hydrogen) atoms. The van der Waals surface area contributed by atoms with E-state index in [4.69, 9.17) is 9.84 Å². The fraction of sp³-hybridized carbons (Fsp3) is 1.00. The number of rotatable bonds is 5. The summed E-state index contributed by atoms with van der Waals surface area (Å²) >= 11 is 0. The molecule has 2 heteroatoms. The van der Waals surface area contributed by atoms with Crippen LogP contribution in [0.2, 0.25) is 0 Å². The molecule has 1 fully saturated rings. The quantitative estimate of drug-likeness (QED) is 0.667. The molecule has 1 saturated carbocycles. The maximum atomic E-state index is 9.06. The summed E-state index contributed by atoms with van der Waals surface area (Å²) in [5, 5.41) is 9.06. The van der Waals surface area contributed by atoms with Gasteiger partial charge < -0.3 is 9.84 Å². The standard InChI is InChI=1S/C11H22O2/c1-13-7-3-6-10-4-2-5-11(8-10)9-12/h10-12H,2-9H2,1H3. The summed E-state index contributed by atoms with van der Waals surface area (Å²) < 4.78 is 5.04. The monoisotopic (exact) mass is 186 g/mol. The molecule has 0 amide bonds. The van der Waals surface area contributed by atoms with Gasteiger partial charge in [0.15, 0.2) is 0 Å². The van der Waals surface area contributed by atoms with Crippen molar-refractivity contribution >= 4 is 0 Å². The van der Waals surface area contributed by atoms with Gasteiger partial charge in [0, 0.05) is 20.3 Å². The molecular weight excluding hydrogens is 164 g/mol. The molecule has 2 unspecified atom stereocenters. The van der Waals surface area contributed by atoms with Crippen molar-refractivity contribution in [1.82, 2.24) is 0 Å². The van der Waals surface area contributed by atoms with Gasteiger partial charge in [0.05, 0.1) is 0 Å². The van der Waals surface area contributed by atoms with Gasteiger partial charge in [0.2, 0.25) is 0 Å². The third-order valence-corrected chi connectivity index (χ3v) is 3.11. The Labute approximate surface area is 81.3 Å². The summed E-state index contributed by atoms with van der Waals surface area (Å²) in [5.74, 6) is 1.43. The number of hydrogen-bond donors (Lipinski definition) is 1. The summed E-state index contributed by atoms with van der Waals surface area (Å²) in [6.45, 7) is 1.28. The lowest BCUT2D eigenvalue weighted by atomic mass is 9.80. The van der Waals surface area contributed by atoms with Crippen LogP contribution in [0.15, 0.2) is 0 Å². The highest BCUT2D eigenvalue weighted by atomic mass is 16.5. The summed E-state index contributed by atoms with van der Waals surface area (Å²) in [6, 6.07) is 0. The first-order valence-corrected chi connectivity index (χ1v) is 5.46. The lowest BCUT2D eigenvalue weighted by Crippen LogP contribution is -2.18. The van der Waals surface area contributed by atoms with Crippen LogP contribution in [0.1, 0.15) is 38.5 Å².